The van der Waals surface area contributed by atoms with Crippen LogP contribution < -0.4 is 0 Å². The first-order chi connectivity index (χ1) is 9.83. The van der Waals surface area contributed by atoms with Crippen molar-refractivity contribution in [1.29, 1.82) is 0 Å². The highest BCUT2D eigenvalue weighted by atomic mass is 32.2. The Labute approximate surface area is 126 Å². The molecule has 1 aliphatic heterocycles. The van der Waals surface area contributed by atoms with E-state index in [2.05, 4.69) is 21.8 Å². The van der Waals surface area contributed by atoms with Gasteiger partial charge in [-0.2, -0.15) is 0 Å². The van der Waals surface area contributed by atoms with E-state index in [-0.39, 0.29) is 0 Å². The second-order valence-corrected chi connectivity index (χ2v) is 6.44. The summed E-state index contributed by atoms with van der Waals surface area (Å²) in [6.07, 6.45) is 9.01. The van der Waals surface area contributed by atoms with Crippen molar-refractivity contribution in [2.75, 3.05) is 26.0 Å². The molecule has 2 heterocycles. The minimum absolute atomic E-state index is 0.647. The molecule has 5 heteroatoms. The molecule has 1 aromatic heterocycles. The minimum atomic E-state index is 0.647. The monoisotopic (exact) mass is 295 g/mol. The maximum Gasteiger partial charge on any atom is 0.187 e. The molecule has 0 N–H and O–H groups in total. The van der Waals surface area contributed by atoms with Crippen LogP contribution in [0.15, 0.2) is 17.6 Å². The molecule has 1 aliphatic rings. The maximum absolute atomic E-state index is 5.23. The normalized spacial score (nSPS) is 20.2. The number of hydrogen-bond acceptors (Lipinski definition) is 5. The highest BCUT2D eigenvalue weighted by Gasteiger charge is 2.22. The van der Waals surface area contributed by atoms with E-state index in [4.69, 9.17) is 4.74 Å². The Morgan fingerprint density at radius 2 is 2.15 bits per heavy atom. The average Bonchev–Trinajstić information content (AvgIpc) is 2.49. The Balaban J connectivity index is 1.91. The average molecular weight is 295 g/mol. The summed E-state index contributed by atoms with van der Waals surface area (Å²) in [7, 11) is 1.78. The molecule has 1 aromatic rings. The van der Waals surface area contributed by atoms with E-state index in [0.29, 0.717) is 6.04 Å². The summed E-state index contributed by atoms with van der Waals surface area (Å²) in [5, 5.41) is 0.880. The van der Waals surface area contributed by atoms with Crippen LogP contribution in [0.2, 0.25) is 0 Å². The molecule has 112 valence electrons. The third-order valence-electron chi connectivity index (χ3n) is 3.74. The van der Waals surface area contributed by atoms with E-state index >= 15 is 0 Å². The molecule has 0 amide bonds. The fourth-order valence-corrected chi connectivity index (χ4v) is 3.22. The number of likely N-dealkylation sites (tertiary alicyclic amines) is 1. The molecule has 1 fully saturated rings. The molecule has 20 heavy (non-hydrogen) atoms. The predicted molar refractivity (Wildman–Crippen MR) is 83.0 cm³/mol. The predicted octanol–water partition coefficient (Wildman–Crippen LogP) is 2.98. The van der Waals surface area contributed by atoms with E-state index in [1.807, 2.05) is 12.4 Å². The lowest BCUT2D eigenvalue weighted by molar-refractivity contribution is 0.0972. The van der Waals surface area contributed by atoms with E-state index in [9.17, 15) is 0 Å². The van der Waals surface area contributed by atoms with E-state index in [1.165, 1.54) is 31.4 Å². The van der Waals surface area contributed by atoms with Gasteiger partial charge in [-0.3, -0.25) is 4.90 Å². The molecule has 0 spiro atoms. The van der Waals surface area contributed by atoms with Gasteiger partial charge in [0.2, 0.25) is 0 Å². The molecule has 0 bridgehead atoms. The first-order valence-corrected chi connectivity index (χ1v) is 8.48. The van der Waals surface area contributed by atoms with Gasteiger partial charge in [0.05, 0.1) is 0 Å². The summed E-state index contributed by atoms with van der Waals surface area (Å²) >= 11 is 1.69. The van der Waals surface area contributed by atoms with Crippen LogP contribution in [0.1, 0.15) is 38.2 Å². The summed E-state index contributed by atoms with van der Waals surface area (Å²) in [6, 6.07) is 0.647. The van der Waals surface area contributed by atoms with Gasteiger partial charge in [-0.15, -0.1) is 0 Å². The van der Waals surface area contributed by atoms with Gasteiger partial charge in [-0.1, -0.05) is 25.1 Å². The maximum atomic E-state index is 5.23. The molecule has 2 rings (SSSR count). The first-order valence-electron chi connectivity index (χ1n) is 7.50. The molecule has 0 aliphatic carbocycles. The zero-order valence-corrected chi connectivity index (χ0v) is 13.4. The number of methoxy groups -OCH3 is 1. The number of ether oxygens (including phenoxy) is 1. The smallest absolute Gasteiger partial charge is 0.187 e. The van der Waals surface area contributed by atoms with Crippen LogP contribution in [-0.4, -0.2) is 46.9 Å². The van der Waals surface area contributed by atoms with Crippen LogP contribution in [0.25, 0.3) is 0 Å². The zero-order valence-electron chi connectivity index (χ0n) is 12.5. The Kier molecular flexibility index (Phi) is 6.76. The van der Waals surface area contributed by atoms with Gasteiger partial charge < -0.3 is 4.74 Å². The van der Waals surface area contributed by atoms with Crippen LogP contribution in [0.5, 0.6) is 0 Å². The van der Waals surface area contributed by atoms with E-state index in [1.54, 1.807) is 18.9 Å². The lowest BCUT2D eigenvalue weighted by atomic mass is 9.99. The van der Waals surface area contributed by atoms with Crippen molar-refractivity contribution in [3.8, 4) is 0 Å². The molecule has 0 aromatic carbocycles. The fourth-order valence-electron chi connectivity index (χ4n) is 2.71. The highest BCUT2D eigenvalue weighted by Crippen LogP contribution is 2.22. The van der Waals surface area contributed by atoms with Gasteiger partial charge in [0.1, 0.15) is 0 Å². The molecule has 1 atom stereocenters. The zero-order chi connectivity index (χ0) is 14.2. The van der Waals surface area contributed by atoms with Gasteiger partial charge >= 0.3 is 0 Å². The largest absolute Gasteiger partial charge is 0.385 e. The van der Waals surface area contributed by atoms with Crippen molar-refractivity contribution in [2.24, 2.45) is 0 Å². The van der Waals surface area contributed by atoms with Crippen molar-refractivity contribution < 1.29 is 4.74 Å². The number of rotatable bonds is 7. The standard InChI is InChI=1S/C15H25N3OS/c1-3-20-15-16-10-13(11-17-15)12-18-8-5-4-6-14(18)7-9-19-2/h10-11,14H,3-9,12H2,1-2H3/t14-/m0/s1. The quantitative estimate of drug-likeness (QED) is 0.571. The highest BCUT2D eigenvalue weighted by molar-refractivity contribution is 7.99. The molecular formula is C15H25N3OS. The van der Waals surface area contributed by atoms with Crippen LogP contribution in [0.3, 0.4) is 0 Å². The minimum Gasteiger partial charge on any atom is -0.385 e. The van der Waals surface area contributed by atoms with Gasteiger partial charge in [0.25, 0.3) is 0 Å². The third-order valence-corrected chi connectivity index (χ3v) is 4.50. The number of aromatic nitrogens is 2. The van der Waals surface area contributed by atoms with Crippen molar-refractivity contribution in [1.82, 2.24) is 14.9 Å². The summed E-state index contributed by atoms with van der Waals surface area (Å²) in [5.41, 5.74) is 1.22. The van der Waals surface area contributed by atoms with Crippen LogP contribution in [0.4, 0.5) is 0 Å². The second kappa shape index (κ2) is 8.60. The SMILES string of the molecule is CCSc1ncc(CN2CCCC[C@H]2CCOC)cn1. The Morgan fingerprint density at radius 1 is 1.35 bits per heavy atom. The number of hydrogen-bond donors (Lipinski definition) is 0. The Morgan fingerprint density at radius 3 is 2.85 bits per heavy atom. The Hall–Kier alpha value is -0.650. The second-order valence-electron chi connectivity index (χ2n) is 5.21. The van der Waals surface area contributed by atoms with Gasteiger partial charge in [-0.25, -0.2) is 9.97 Å². The molecular weight excluding hydrogens is 270 g/mol. The molecule has 0 unspecified atom stereocenters. The summed E-state index contributed by atoms with van der Waals surface area (Å²) in [4.78, 5) is 11.4. The van der Waals surface area contributed by atoms with Crippen molar-refractivity contribution in [2.45, 2.75) is 50.4 Å². The lowest BCUT2D eigenvalue weighted by Crippen LogP contribution is -2.39. The van der Waals surface area contributed by atoms with Gasteiger partial charge in [0.15, 0.2) is 5.16 Å². The van der Waals surface area contributed by atoms with Crippen LogP contribution in [-0.2, 0) is 11.3 Å². The lowest BCUT2D eigenvalue weighted by Gasteiger charge is -2.35. The third kappa shape index (κ3) is 4.72. The molecule has 1 saturated heterocycles. The topological polar surface area (TPSA) is 38.2 Å². The summed E-state index contributed by atoms with van der Waals surface area (Å²) < 4.78 is 5.23. The molecule has 0 radical (unpaired) electrons. The molecule has 0 saturated carbocycles. The van der Waals surface area contributed by atoms with Crippen molar-refractivity contribution in [3.05, 3.63) is 18.0 Å². The number of nitrogens with zero attached hydrogens (tertiary/aromatic N) is 3. The van der Waals surface area contributed by atoms with Gasteiger partial charge in [0, 0.05) is 44.3 Å². The summed E-state index contributed by atoms with van der Waals surface area (Å²) in [5.74, 6) is 1.02. The van der Waals surface area contributed by atoms with E-state index < -0.39 is 0 Å². The Bertz CT molecular complexity index is 385. The van der Waals surface area contributed by atoms with Crippen molar-refractivity contribution >= 4 is 11.8 Å². The molecule has 4 nitrogen and oxygen atoms in total. The van der Waals surface area contributed by atoms with Crippen LogP contribution >= 0.6 is 11.8 Å². The van der Waals surface area contributed by atoms with Crippen LogP contribution in [0, 0.1) is 0 Å². The summed E-state index contributed by atoms with van der Waals surface area (Å²) in [6.45, 7) is 5.12. The number of piperidine rings is 1. The van der Waals surface area contributed by atoms with Gasteiger partial charge in [-0.05, 0) is 31.6 Å². The number of thioether (sulfide) groups is 1. The van der Waals surface area contributed by atoms with E-state index in [0.717, 1.165) is 30.5 Å². The fraction of sp³-hybridized carbons (Fsp3) is 0.733. The van der Waals surface area contributed by atoms with Crippen molar-refractivity contribution in [3.63, 3.8) is 0 Å². The first kappa shape index (κ1) is 15.7.